The van der Waals surface area contributed by atoms with Crippen LogP contribution in [-0.4, -0.2) is 29.5 Å². The van der Waals surface area contributed by atoms with Crippen molar-refractivity contribution < 1.29 is 0 Å². The summed E-state index contributed by atoms with van der Waals surface area (Å²) in [6.45, 7) is 4.20. The minimum absolute atomic E-state index is 0.0292. The van der Waals surface area contributed by atoms with E-state index >= 15 is 0 Å². The zero-order valence-corrected chi connectivity index (χ0v) is 16.7. The van der Waals surface area contributed by atoms with Crippen LogP contribution in [0.4, 0.5) is 5.82 Å². The second kappa shape index (κ2) is 7.48. The Morgan fingerprint density at radius 3 is 2.81 bits per heavy atom. The molecule has 0 amide bonds. The summed E-state index contributed by atoms with van der Waals surface area (Å²) in [4.78, 5) is 16.7. The molecule has 0 bridgehead atoms. The van der Waals surface area contributed by atoms with E-state index in [1.807, 2.05) is 24.4 Å². The van der Waals surface area contributed by atoms with Gasteiger partial charge in [-0.05, 0) is 31.0 Å². The van der Waals surface area contributed by atoms with Crippen molar-refractivity contribution in [2.75, 3.05) is 5.32 Å². The molecular formula is C19H20BrN7. The Bertz CT molecular complexity index is 1050. The van der Waals surface area contributed by atoms with Gasteiger partial charge in [-0.25, -0.2) is 9.97 Å². The Labute approximate surface area is 165 Å². The number of H-pyrrole nitrogens is 1. The first kappa shape index (κ1) is 17.7. The predicted molar refractivity (Wildman–Crippen MR) is 109 cm³/mol. The molecule has 0 fully saturated rings. The van der Waals surface area contributed by atoms with E-state index in [9.17, 15) is 0 Å². The molecule has 0 radical (unpaired) electrons. The SMILES string of the molecule is CCCc1cc(N[C@H](C)c2ncc(-c3ccc(Br)cc3)[nH]2)n2ncnc2n1. The Morgan fingerprint density at radius 2 is 2.04 bits per heavy atom. The van der Waals surface area contributed by atoms with Crippen LogP contribution in [0.15, 0.2) is 47.3 Å². The van der Waals surface area contributed by atoms with Crippen molar-refractivity contribution in [2.24, 2.45) is 0 Å². The number of aryl methyl sites for hydroxylation is 1. The summed E-state index contributed by atoms with van der Waals surface area (Å²) in [7, 11) is 0. The van der Waals surface area contributed by atoms with Crippen molar-refractivity contribution in [2.45, 2.75) is 32.7 Å². The highest BCUT2D eigenvalue weighted by molar-refractivity contribution is 9.10. The second-order valence-electron chi connectivity index (χ2n) is 6.41. The summed E-state index contributed by atoms with van der Waals surface area (Å²) in [5.41, 5.74) is 3.08. The van der Waals surface area contributed by atoms with Gasteiger partial charge in [0.25, 0.3) is 5.78 Å². The normalized spacial score (nSPS) is 12.4. The monoisotopic (exact) mass is 425 g/mol. The summed E-state index contributed by atoms with van der Waals surface area (Å²) in [5.74, 6) is 2.32. The molecule has 4 rings (SSSR count). The summed E-state index contributed by atoms with van der Waals surface area (Å²) < 4.78 is 2.77. The van der Waals surface area contributed by atoms with Crippen LogP contribution in [0.1, 0.15) is 37.8 Å². The van der Waals surface area contributed by atoms with Gasteiger partial charge in [0.2, 0.25) is 0 Å². The number of nitrogens with zero attached hydrogens (tertiary/aromatic N) is 5. The van der Waals surface area contributed by atoms with Gasteiger partial charge in [0.1, 0.15) is 18.0 Å². The van der Waals surface area contributed by atoms with Crippen molar-refractivity contribution >= 4 is 27.5 Å². The first-order valence-electron chi connectivity index (χ1n) is 8.91. The summed E-state index contributed by atoms with van der Waals surface area (Å²) >= 11 is 3.46. The molecule has 0 saturated heterocycles. The second-order valence-corrected chi connectivity index (χ2v) is 7.33. The first-order valence-corrected chi connectivity index (χ1v) is 9.70. The average Bonchev–Trinajstić information content (AvgIpc) is 3.32. The van der Waals surface area contributed by atoms with E-state index in [2.05, 4.69) is 72.3 Å². The quantitative estimate of drug-likeness (QED) is 0.478. The fraction of sp³-hybridized carbons (Fsp3) is 0.263. The summed E-state index contributed by atoms with van der Waals surface area (Å²) in [6, 6.07) is 10.1. The Morgan fingerprint density at radius 1 is 1.22 bits per heavy atom. The number of aromatic nitrogens is 6. The molecule has 0 aliphatic rings. The zero-order chi connectivity index (χ0) is 18.8. The van der Waals surface area contributed by atoms with E-state index < -0.39 is 0 Å². The van der Waals surface area contributed by atoms with Crippen LogP contribution in [0.3, 0.4) is 0 Å². The van der Waals surface area contributed by atoms with Crippen LogP contribution >= 0.6 is 15.9 Å². The number of benzene rings is 1. The van der Waals surface area contributed by atoms with Gasteiger partial charge in [0.05, 0.1) is 17.9 Å². The maximum Gasteiger partial charge on any atom is 0.254 e. The first-order chi connectivity index (χ1) is 13.1. The van der Waals surface area contributed by atoms with Gasteiger partial charge in [0.15, 0.2) is 0 Å². The van der Waals surface area contributed by atoms with Gasteiger partial charge in [0, 0.05) is 16.2 Å². The summed E-state index contributed by atoms with van der Waals surface area (Å²) in [5, 5.41) is 7.75. The van der Waals surface area contributed by atoms with Crippen molar-refractivity contribution in [3.8, 4) is 11.3 Å². The van der Waals surface area contributed by atoms with E-state index in [-0.39, 0.29) is 6.04 Å². The molecule has 138 valence electrons. The van der Waals surface area contributed by atoms with Gasteiger partial charge < -0.3 is 10.3 Å². The topological polar surface area (TPSA) is 83.8 Å². The minimum Gasteiger partial charge on any atom is -0.360 e. The van der Waals surface area contributed by atoms with Crippen LogP contribution in [0, 0.1) is 0 Å². The number of hydrogen-bond donors (Lipinski definition) is 2. The highest BCUT2D eigenvalue weighted by Crippen LogP contribution is 2.23. The number of rotatable bonds is 6. The van der Waals surface area contributed by atoms with Gasteiger partial charge in [-0.3, -0.25) is 0 Å². The van der Waals surface area contributed by atoms with Crippen LogP contribution in [0.25, 0.3) is 17.0 Å². The lowest BCUT2D eigenvalue weighted by Gasteiger charge is -2.14. The van der Waals surface area contributed by atoms with E-state index in [1.54, 1.807) is 4.52 Å². The molecule has 2 N–H and O–H groups in total. The molecule has 3 heterocycles. The molecule has 27 heavy (non-hydrogen) atoms. The zero-order valence-electron chi connectivity index (χ0n) is 15.1. The number of anilines is 1. The molecule has 0 aliphatic carbocycles. The van der Waals surface area contributed by atoms with E-state index in [0.717, 1.165) is 45.9 Å². The molecule has 7 nitrogen and oxygen atoms in total. The number of hydrogen-bond acceptors (Lipinski definition) is 5. The third-order valence-corrected chi connectivity index (χ3v) is 4.86. The third kappa shape index (κ3) is 3.71. The smallest absolute Gasteiger partial charge is 0.254 e. The minimum atomic E-state index is -0.0292. The Hall–Kier alpha value is -2.74. The van der Waals surface area contributed by atoms with Crippen LogP contribution in [0.2, 0.25) is 0 Å². The molecule has 0 spiro atoms. The van der Waals surface area contributed by atoms with E-state index in [0.29, 0.717) is 5.78 Å². The van der Waals surface area contributed by atoms with E-state index in [1.165, 1.54) is 6.33 Å². The molecule has 0 saturated carbocycles. The molecule has 0 unspecified atom stereocenters. The van der Waals surface area contributed by atoms with Crippen LogP contribution in [0.5, 0.6) is 0 Å². The number of imidazole rings is 1. The number of nitrogens with one attached hydrogen (secondary N) is 2. The number of aromatic amines is 1. The molecule has 1 atom stereocenters. The lowest BCUT2D eigenvalue weighted by atomic mass is 10.2. The third-order valence-electron chi connectivity index (χ3n) is 4.34. The van der Waals surface area contributed by atoms with Crippen molar-refractivity contribution in [1.29, 1.82) is 0 Å². The maximum absolute atomic E-state index is 4.55. The van der Waals surface area contributed by atoms with Crippen molar-refractivity contribution in [3.63, 3.8) is 0 Å². The molecule has 4 aromatic rings. The standard InChI is InChI=1S/C19H20BrN7/c1-3-4-15-9-17(27-19(25-15)22-11-23-27)24-12(2)18-21-10-16(26-18)13-5-7-14(20)8-6-13/h5-12,24H,3-4H2,1-2H3,(H,21,26)/t12-/m1/s1. The predicted octanol–water partition coefficient (Wildman–Crippen LogP) is 4.40. The molecular weight excluding hydrogens is 406 g/mol. The highest BCUT2D eigenvalue weighted by Gasteiger charge is 2.14. The molecule has 3 aromatic heterocycles. The lowest BCUT2D eigenvalue weighted by molar-refractivity contribution is 0.782. The number of halogens is 1. The Balaban J connectivity index is 1.59. The van der Waals surface area contributed by atoms with Crippen LogP contribution in [-0.2, 0) is 6.42 Å². The molecule has 1 aromatic carbocycles. The maximum atomic E-state index is 4.55. The van der Waals surface area contributed by atoms with Crippen molar-refractivity contribution in [3.05, 3.63) is 58.8 Å². The Kier molecular flexibility index (Phi) is 4.89. The van der Waals surface area contributed by atoms with Gasteiger partial charge in [-0.2, -0.15) is 14.6 Å². The van der Waals surface area contributed by atoms with Crippen LogP contribution < -0.4 is 5.32 Å². The molecule has 8 heteroatoms. The summed E-state index contributed by atoms with van der Waals surface area (Å²) in [6.07, 6.45) is 5.31. The van der Waals surface area contributed by atoms with Gasteiger partial charge in [-0.1, -0.05) is 41.4 Å². The van der Waals surface area contributed by atoms with Crippen molar-refractivity contribution in [1.82, 2.24) is 29.5 Å². The van der Waals surface area contributed by atoms with E-state index in [4.69, 9.17) is 0 Å². The van der Waals surface area contributed by atoms with Gasteiger partial charge in [-0.15, -0.1) is 0 Å². The van der Waals surface area contributed by atoms with Gasteiger partial charge >= 0.3 is 0 Å². The fourth-order valence-electron chi connectivity index (χ4n) is 2.97. The number of fused-ring (bicyclic) bond motifs is 1. The fourth-order valence-corrected chi connectivity index (χ4v) is 3.24. The lowest BCUT2D eigenvalue weighted by Crippen LogP contribution is -2.13. The molecule has 0 aliphatic heterocycles. The largest absolute Gasteiger partial charge is 0.360 e. The highest BCUT2D eigenvalue weighted by atomic mass is 79.9. The average molecular weight is 426 g/mol.